The first-order valence-electron chi connectivity index (χ1n) is 10.9. The Bertz CT molecular complexity index is 1710. The molecule has 1 unspecified atom stereocenters. The molecule has 35 heavy (non-hydrogen) atoms. The summed E-state index contributed by atoms with van der Waals surface area (Å²) in [5.41, 5.74) is 2.38. The molecule has 0 saturated carbocycles. The number of carbonyl (C=O) groups is 1. The zero-order chi connectivity index (χ0) is 24.7. The second-order valence-electron chi connectivity index (χ2n) is 8.14. The van der Waals surface area contributed by atoms with E-state index in [9.17, 15) is 14.0 Å². The Kier molecular flexibility index (Phi) is 5.38. The molecule has 5 aromatic rings. The Balaban J connectivity index is 1.66. The van der Waals surface area contributed by atoms with Gasteiger partial charge in [-0.3, -0.25) is 14.2 Å². The lowest BCUT2D eigenvalue weighted by molar-refractivity contribution is 0.0939. The maximum Gasteiger partial charge on any atom is 0.264 e. The number of benzene rings is 2. The van der Waals surface area contributed by atoms with E-state index < -0.39 is 11.9 Å². The van der Waals surface area contributed by atoms with Crippen LogP contribution in [0.1, 0.15) is 40.3 Å². The molecular weight excluding hydrogens is 445 g/mol. The molecule has 5 rings (SSSR count). The number of pyridine rings is 1. The van der Waals surface area contributed by atoms with Crippen molar-refractivity contribution in [2.45, 2.75) is 19.9 Å². The summed E-state index contributed by atoms with van der Waals surface area (Å²) in [4.78, 5) is 31.3. The van der Waals surface area contributed by atoms with E-state index in [1.165, 1.54) is 28.8 Å². The number of aryl methyl sites for hydroxylation is 1. The van der Waals surface area contributed by atoms with Gasteiger partial charge >= 0.3 is 0 Å². The molecule has 7 nitrogen and oxygen atoms in total. The average Bonchev–Trinajstić information content (AvgIpc) is 3.19. The monoisotopic (exact) mass is 465 g/mol. The van der Waals surface area contributed by atoms with Gasteiger partial charge in [0.25, 0.3) is 11.5 Å². The van der Waals surface area contributed by atoms with Crippen LogP contribution in [0.3, 0.4) is 0 Å². The van der Waals surface area contributed by atoms with E-state index in [0.717, 1.165) is 0 Å². The summed E-state index contributed by atoms with van der Waals surface area (Å²) in [7, 11) is 0. The quantitative estimate of drug-likeness (QED) is 0.408. The first-order chi connectivity index (χ1) is 16.9. The van der Waals surface area contributed by atoms with Crippen LogP contribution in [-0.4, -0.2) is 25.1 Å². The van der Waals surface area contributed by atoms with E-state index in [0.29, 0.717) is 44.6 Å². The number of amides is 1. The van der Waals surface area contributed by atoms with Gasteiger partial charge in [-0.25, -0.2) is 13.9 Å². The van der Waals surface area contributed by atoms with Crippen LogP contribution in [0.15, 0.2) is 71.8 Å². The summed E-state index contributed by atoms with van der Waals surface area (Å²) in [5.74, 6) is 1.76. The van der Waals surface area contributed by atoms with Crippen LogP contribution in [0.25, 0.3) is 22.1 Å². The number of nitrogens with zero attached hydrogens (tertiary/aromatic N) is 4. The Labute approximate surface area is 199 Å². The van der Waals surface area contributed by atoms with Crippen LogP contribution in [-0.2, 0) is 0 Å². The third-order valence-corrected chi connectivity index (χ3v) is 5.90. The van der Waals surface area contributed by atoms with E-state index in [1.54, 1.807) is 55.0 Å². The zero-order valence-electron chi connectivity index (χ0n) is 19.0. The van der Waals surface area contributed by atoms with Crippen molar-refractivity contribution in [3.8, 4) is 18.0 Å². The van der Waals surface area contributed by atoms with Gasteiger partial charge < -0.3 is 5.32 Å². The van der Waals surface area contributed by atoms with Crippen LogP contribution in [0, 0.1) is 25.1 Å². The molecule has 172 valence electrons. The topological polar surface area (TPSA) is 81.3 Å². The predicted molar refractivity (Wildman–Crippen MR) is 131 cm³/mol. The highest BCUT2D eigenvalue weighted by atomic mass is 19.1. The van der Waals surface area contributed by atoms with Gasteiger partial charge in [-0.1, -0.05) is 18.1 Å². The van der Waals surface area contributed by atoms with E-state index >= 15 is 0 Å². The number of halogens is 1. The standard InChI is InChI=1S/C27H20FN5O2/c1-4-18-7-5-8-19-15-22(33(27(35)24(18)19)21-11-9-20(28)10-12-21)16(2)30-26(34)23-17(3)31-32-14-6-13-29-25(23)32/h1,5-16H,2-3H3,(H,30,34). The first kappa shape index (κ1) is 22.0. The van der Waals surface area contributed by atoms with Crippen molar-refractivity contribution in [1.29, 1.82) is 0 Å². The molecule has 3 aromatic heterocycles. The Morgan fingerprint density at radius 2 is 1.94 bits per heavy atom. The average molecular weight is 465 g/mol. The molecule has 0 aliphatic carbocycles. The predicted octanol–water partition coefficient (Wildman–Crippen LogP) is 3.95. The van der Waals surface area contributed by atoms with Gasteiger partial charge in [0.15, 0.2) is 5.65 Å². The van der Waals surface area contributed by atoms with Crippen LogP contribution in [0.2, 0.25) is 0 Å². The van der Waals surface area contributed by atoms with Crippen molar-refractivity contribution >= 4 is 22.3 Å². The highest BCUT2D eigenvalue weighted by molar-refractivity contribution is 6.01. The third kappa shape index (κ3) is 3.73. The molecule has 3 heterocycles. The molecule has 0 aliphatic rings. The molecule has 1 atom stereocenters. The van der Waals surface area contributed by atoms with Crippen molar-refractivity contribution < 1.29 is 9.18 Å². The second kappa shape index (κ2) is 8.54. The van der Waals surface area contributed by atoms with Crippen LogP contribution in [0.5, 0.6) is 0 Å². The minimum Gasteiger partial charge on any atom is -0.344 e. The molecule has 0 radical (unpaired) electrons. The molecule has 8 heteroatoms. The normalized spacial score (nSPS) is 11.9. The SMILES string of the molecule is C#Cc1cccc2cc(C(C)NC(=O)c3c(C)nn4cccnc34)n(-c3ccc(F)cc3)c(=O)c12. The second-order valence-corrected chi connectivity index (χ2v) is 8.14. The number of nitrogens with one attached hydrogen (secondary N) is 1. The largest absolute Gasteiger partial charge is 0.344 e. The molecule has 0 aliphatic heterocycles. The van der Waals surface area contributed by atoms with E-state index in [4.69, 9.17) is 6.42 Å². The molecule has 0 saturated heterocycles. The number of rotatable bonds is 4. The first-order valence-corrected chi connectivity index (χ1v) is 10.9. The third-order valence-electron chi connectivity index (χ3n) is 5.90. The summed E-state index contributed by atoms with van der Waals surface area (Å²) in [6, 6.07) is 13.8. The fourth-order valence-electron chi connectivity index (χ4n) is 4.28. The molecule has 0 fully saturated rings. The van der Waals surface area contributed by atoms with Gasteiger partial charge in [-0.15, -0.1) is 6.42 Å². The maximum atomic E-state index is 13.7. The van der Waals surface area contributed by atoms with Gasteiger partial charge in [0.1, 0.15) is 11.4 Å². The number of terminal acetylenes is 1. The number of aromatic nitrogens is 4. The van der Waals surface area contributed by atoms with Gasteiger partial charge in [0, 0.05) is 29.3 Å². The Morgan fingerprint density at radius 3 is 2.69 bits per heavy atom. The van der Waals surface area contributed by atoms with E-state index in [2.05, 4.69) is 21.3 Å². The summed E-state index contributed by atoms with van der Waals surface area (Å²) in [6.45, 7) is 3.51. The molecule has 0 bridgehead atoms. The van der Waals surface area contributed by atoms with Crippen molar-refractivity contribution in [1.82, 2.24) is 24.5 Å². The molecule has 1 amide bonds. The summed E-state index contributed by atoms with van der Waals surface area (Å²) < 4.78 is 16.6. The fraction of sp³-hybridized carbons (Fsp3) is 0.111. The highest BCUT2D eigenvalue weighted by Crippen LogP contribution is 2.24. The van der Waals surface area contributed by atoms with Crippen LogP contribution >= 0.6 is 0 Å². The van der Waals surface area contributed by atoms with Crippen LogP contribution in [0.4, 0.5) is 4.39 Å². The zero-order valence-corrected chi connectivity index (χ0v) is 19.0. The van der Waals surface area contributed by atoms with Gasteiger partial charge in [0.2, 0.25) is 0 Å². The number of carbonyl (C=O) groups excluding carboxylic acids is 1. The Morgan fingerprint density at radius 1 is 1.17 bits per heavy atom. The fourth-order valence-corrected chi connectivity index (χ4v) is 4.28. The minimum atomic E-state index is -0.600. The highest BCUT2D eigenvalue weighted by Gasteiger charge is 2.23. The number of fused-ring (bicyclic) bond motifs is 2. The number of hydrogen-bond donors (Lipinski definition) is 1. The minimum absolute atomic E-state index is 0.350. The van der Waals surface area contributed by atoms with Gasteiger partial charge in [0.05, 0.1) is 17.1 Å². The Hall–Kier alpha value is -4.77. The lowest BCUT2D eigenvalue weighted by Crippen LogP contribution is -2.32. The number of hydrogen-bond acceptors (Lipinski definition) is 4. The van der Waals surface area contributed by atoms with Crippen molar-refractivity contribution in [3.05, 3.63) is 106 Å². The lowest BCUT2D eigenvalue weighted by Gasteiger charge is -2.21. The lowest BCUT2D eigenvalue weighted by atomic mass is 10.0. The van der Waals surface area contributed by atoms with Gasteiger partial charge in [-0.2, -0.15) is 5.10 Å². The van der Waals surface area contributed by atoms with Crippen molar-refractivity contribution in [2.24, 2.45) is 0 Å². The molecule has 1 N–H and O–H groups in total. The maximum absolute atomic E-state index is 13.7. The molecular formula is C27H20FN5O2. The van der Waals surface area contributed by atoms with Crippen molar-refractivity contribution in [3.63, 3.8) is 0 Å². The summed E-state index contributed by atoms with van der Waals surface area (Å²) in [6.07, 6.45) is 8.96. The van der Waals surface area contributed by atoms with E-state index in [-0.39, 0.29) is 11.5 Å². The summed E-state index contributed by atoms with van der Waals surface area (Å²) >= 11 is 0. The van der Waals surface area contributed by atoms with Crippen LogP contribution < -0.4 is 10.9 Å². The molecule has 2 aromatic carbocycles. The van der Waals surface area contributed by atoms with E-state index in [1.807, 2.05) is 6.07 Å². The smallest absolute Gasteiger partial charge is 0.264 e. The van der Waals surface area contributed by atoms with Gasteiger partial charge in [-0.05, 0) is 61.7 Å². The van der Waals surface area contributed by atoms with Crippen molar-refractivity contribution in [2.75, 3.05) is 0 Å². The summed E-state index contributed by atoms with van der Waals surface area (Å²) in [5, 5.41) is 8.34. The molecule has 0 spiro atoms.